The number of fused-ring (bicyclic) bond motifs is 2. The maximum Gasteiger partial charge on any atom is 0.240 e. The van der Waals surface area contributed by atoms with Gasteiger partial charge in [-0.2, -0.15) is 0 Å². The normalized spacial score (nSPS) is 14.3. The molecule has 1 N–H and O–H groups in total. The molecule has 3 aromatic rings. The minimum atomic E-state index is -0.172. The molecule has 0 fully saturated rings. The molecule has 2 heterocycles. The van der Waals surface area contributed by atoms with E-state index in [1.165, 1.54) is 0 Å². The molecule has 168 valence electrons. The van der Waals surface area contributed by atoms with Crippen LogP contribution >= 0.6 is 0 Å². The molecule has 32 heavy (non-hydrogen) atoms. The molecule has 6 heteroatoms. The Kier molecular flexibility index (Phi) is 6.21. The molecule has 1 aliphatic heterocycles. The first-order valence-corrected chi connectivity index (χ1v) is 11.1. The second kappa shape index (κ2) is 9.07. The van der Waals surface area contributed by atoms with E-state index in [4.69, 9.17) is 9.47 Å². The highest BCUT2D eigenvalue weighted by Crippen LogP contribution is 2.34. The molecule has 2 aromatic carbocycles. The number of hydrogen-bond acceptors (Lipinski definition) is 4. The van der Waals surface area contributed by atoms with Crippen LogP contribution in [0.3, 0.4) is 0 Å². The standard InChI is InChI=1S/C26H30N2O4/c1-16(2)26(19-10-11-22-23(14-19)32-13-7-12-31-22)27-24(30)15-28-17(3)25(18(4)29)20-8-5-6-9-21(20)28/h5-6,8-11,14,16,26H,7,12-13,15H2,1-4H3,(H,27,30). The number of ketones is 1. The van der Waals surface area contributed by atoms with Crippen molar-refractivity contribution < 1.29 is 19.1 Å². The van der Waals surface area contributed by atoms with Crippen LogP contribution in [0.1, 0.15) is 54.8 Å². The SMILES string of the molecule is CC(=O)c1c(C)n(CC(=O)NC(c2ccc3c(c2)OCCCO3)C(C)C)c2ccccc12. The highest BCUT2D eigenvalue weighted by Gasteiger charge is 2.23. The lowest BCUT2D eigenvalue weighted by molar-refractivity contribution is -0.122. The molecule has 1 amide bonds. The smallest absolute Gasteiger partial charge is 0.240 e. The summed E-state index contributed by atoms with van der Waals surface area (Å²) in [6.07, 6.45) is 0.848. The molecule has 4 rings (SSSR count). The van der Waals surface area contributed by atoms with Crippen molar-refractivity contribution in [2.24, 2.45) is 5.92 Å². The van der Waals surface area contributed by atoms with Crippen LogP contribution in [-0.4, -0.2) is 29.5 Å². The summed E-state index contributed by atoms with van der Waals surface area (Å²) in [6, 6.07) is 13.4. The molecule has 1 unspecified atom stereocenters. The molecule has 0 spiro atoms. The van der Waals surface area contributed by atoms with Gasteiger partial charge < -0.3 is 19.4 Å². The summed E-state index contributed by atoms with van der Waals surface area (Å²) < 4.78 is 13.5. The Bertz CT molecular complexity index is 1160. The Morgan fingerprint density at radius 1 is 1.06 bits per heavy atom. The second-order valence-electron chi connectivity index (χ2n) is 8.67. The zero-order valence-corrected chi connectivity index (χ0v) is 19.1. The van der Waals surface area contributed by atoms with Gasteiger partial charge in [-0.15, -0.1) is 0 Å². The first-order valence-electron chi connectivity index (χ1n) is 11.1. The van der Waals surface area contributed by atoms with Crippen molar-refractivity contribution in [3.05, 3.63) is 59.3 Å². The summed E-state index contributed by atoms with van der Waals surface area (Å²) in [5.41, 5.74) is 3.36. The fourth-order valence-corrected chi connectivity index (χ4v) is 4.45. The van der Waals surface area contributed by atoms with E-state index >= 15 is 0 Å². The van der Waals surface area contributed by atoms with Crippen LogP contribution in [0, 0.1) is 12.8 Å². The molecule has 6 nitrogen and oxygen atoms in total. The number of para-hydroxylation sites is 1. The van der Waals surface area contributed by atoms with Gasteiger partial charge in [0, 0.05) is 28.6 Å². The number of ether oxygens (including phenoxy) is 2. The Morgan fingerprint density at radius 2 is 1.78 bits per heavy atom. The minimum Gasteiger partial charge on any atom is -0.490 e. The maximum atomic E-state index is 13.1. The molecule has 0 saturated heterocycles. The van der Waals surface area contributed by atoms with Gasteiger partial charge in [0.05, 0.1) is 19.3 Å². The first-order chi connectivity index (χ1) is 15.4. The van der Waals surface area contributed by atoms with Crippen molar-refractivity contribution in [3.63, 3.8) is 0 Å². The second-order valence-corrected chi connectivity index (χ2v) is 8.67. The lowest BCUT2D eigenvalue weighted by Crippen LogP contribution is -2.34. The van der Waals surface area contributed by atoms with E-state index in [2.05, 4.69) is 19.2 Å². The lowest BCUT2D eigenvalue weighted by atomic mass is 9.95. The van der Waals surface area contributed by atoms with E-state index in [9.17, 15) is 9.59 Å². The average Bonchev–Trinajstić information content (AvgIpc) is 2.90. The van der Waals surface area contributed by atoms with Crippen molar-refractivity contribution in [3.8, 4) is 11.5 Å². The number of carbonyl (C=O) groups is 2. The molecule has 0 bridgehead atoms. The van der Waals surface area contributed by atoms with Gasteiger partial charge in [0.2, 0.25) is 5.91 Å². The number of rotatable bonds is 6. The van der Waals surface area contributed by atoms with Gasteiger partial charge in [-0.25, -0.2) is 0 Å². The monoisotopic (exact) mass is 434 g/mol. The number of nitrogens with one attached hydrogen (secondary N) is 1. The van der Waals surface area contributed by atoms with Gasteiger partial charge in [0.1, 0.15) is 6.54 Å². The number of nitrogens with zero attached hydrogens (tertiary/aromatic N) is 1. The zero-order chi connectivity index (χ0) is 22.8. The molecule has 0 saturated carbocycles. The largest absolute Gasteiger partial charge is 0.490 e. The van der Waals surface area contributed by atoms with Gasteiger partial charge >= 0.3 is 0 Å². The third-order valence-electron chi connectivity index (χ3n) is 6.00. The maximum absolute atomic E-state index is 13.1. The Morgan fingerprint density at radius 3 is 2.50 bits per heavy atom. The van der Waals surface area contributed by atoms with Gasteiger partial charge in [0.15, 0.2) is 17.3 Å². The van der Waals surface area contributed by atoms with Crippen LogP contribution < -0.4 is 14.8 Å². The van der Waals surface area contributed by atoms with E-state index < -0.39 is 0 Å². The van der Waals surface area contributed by atoms with Crippen molar-refractivity contribution in [1.82, 2.24) is 9.88 Å². The van der Waals surface area contributed by atoms with Crippen LogP contribution in [0.4, 0.5) is 0 Å². The molecule has 0 radical (unpaired) electrons. The first kappa shape index (κ1) is 21.9. The quantitative estimate of drug-likeness (QED) is 0.565. The Hall–Kier alpha value is -3.28. The number of carbonyl (C=O) groups excluding carboxylic acids is 2. The van der Waals surface area contributed by atoms with Crippen molar-refractivity contribution in [2.45, 2.75) is 46.7 Å². The fourth-order valence-electron chi connectivity index (χ4n) is 4.45. The van der Waals surface area contributed by atoms with E-state index in [1.807, 2.05) is 54.0 Å². The van der Waals surface area contributed by atoms with E-state index in [1.54, 1.807) is 6.92 Å². The van der Waals surface area contributed by atoms with E-state index in [0.717, 1.165) is 40.1 Å². The molecular formula is C26H30N2O4. The number of amides is 1. The third kappa shape index (κ3) is 4.22. The van der Waals surface area contributed by atoms with Crippen molar-refractivity contribution in [2.75, 3.05) is 13.2 Å². The highest BCUT2D eigenvalue weighted by atomic mass is 16.5. The number of hydrogen-bond donors (Lipinski definition) is 1. The predicted octanol–water partition coefficient (Wildman–Crippen LogP) is 4.83. The van der Waals surface area contributed by atoms with Crippen LogP contribution in [0.25, 0.3) is 10.9 Å². The van der Waals surface area contributed by atoms with E-state index in [0.29, 0.717) is 18.8 Å². The predicted molar refractivity (Wildman–Crippen MR) is 124 cm³/mol. The average molecular weight is 435 g/mol. The van der Waals surface area contributed by atoms with E-state index in [-0.39, 0.29) is 30.2 Å². The highest BCUT2D eigenvalue weighted by molar-refractivity contribution is 6.08. The van der Waals surface area contributed by atoms with Crippen LogP contribution in [0.5, 0.6) is 11.5 Å². The van der Waals surface area contributed by atoms with Gasteiger partial charge in [0.25, 0.3) is 0 Å². The zero-order valence-electron chi connectivity index (χ0n) is 19.1. The Labute approximate surface area is 188 Å². The van der Waals surface area contributed by atoms with Crippen LogP contribution in [0.2, 0.25) is 0 Å². The summed E-state index contributed by atoms with van der Waals surface area (Å²) >= 11 is 0. The summed E-state index contributed by atoms with van der Waals surface area (Å²) in [4.78, 5) is 25.4. The fraction of sp³-hybridized carbons (Fsp3) is 0.385. The van der Waals surface area contributed by atoms with Crippen LogP contribution in [0.15, 0.2) is 42.5 Å². The lowest BCUT2D eigenvalue weighted by Gasteiger charge is -2.24. The molecule has 1 aliphatic rings. The third-order valence-corrected chi connectivity index (χ3v) is 6.00. The number of aromatic nitrogens is 1. The van der Waals surface area contributed by atoms with Gasteiger partial charge in [-0.1, -0.05) is 38.1 Å². The molecule has 1 aromatic heterocycles. The summed E-state index contributed by atoms with van der Waals surface area (Å²) in [6.45, 7) is 9.03. The summed E-state index contributed by atoms with van der Waals surface area (Å²) in [5.74, 6) is 1.54. The minimum absolute atomic E-state index is 0.00473. The molecule has 1 atom stereocenters. The topological polar surface area (TPSA) is 69.6 Å². The summed E-state index contributed by atoms with van der Waals surface area (Å²) in [5, 5.41) is 4.08. The molecule has 0 aliphatic carbocycles. The molecular weight excluding hydrogens is 404 g/mol. The van der Waals surface area contributed by atoms with Crippen LogP contribution in [-0.2, 0) is 11.3 Å². The van der Waals surface area contributed by atoms with Crippen molar-refractivity contribution >= 4 is 22.6 Å². The van der Waals surface area contributed by atoms with Gasteiger partial charge in [-0.3, -0.25) is 9.59 Å². The number of benzene rings is 2. The Balaban J connectivity index is 1.60. The van der Waals surface area contributed by atoms with Gasteiger partial charge in [-0.05, 0) is 43.5 Å². The summed E-state index contributed by atoms with van der Waals surface area (Å²) in [7, 11) is 0. The van der Waals surface area contributed by atoms with Crippen molar-refractivity contribution in [1.29, 1.82) is 0 Å². The number of Topliss-reactive ketones (excluding diaryl/α,β-unsaturated/α-hetero) is 1.